The smallest absolute Gasteiger partial charge is 0.0233 e. The van der Waals surface area contributed by atoms with Gasteiger partial charge in [-0.2, -0.15) is 0 Å². The minimum atomic E-state index is 0.792. The van der Waals surface area contributed by atoms with Crippen LogP contribution < -0.4 is 0 Å². The van der Waals surface area contributed by atoms with Gasteiger partial charge in [0.05, 0.1) is 0 Å². The molecule has 0 aromatic rings. The Kier molecular flexibility index (Phi) is 1.79. The van der Waals surface area contributed by atoms with Gasteiger partial charge in [0.1, 0.15) is 0 Å². The van der Waals surface area contributed by atoms with Crippen LogP contribution in [0.25, 0.3) is 0 Å². The maximum atomic E-state index is 2.51. The summed E-state index contributed by atoms with van der Waals surface area (Å²) in [4.78, 5) is 0. The zero-order chi connectivity index (χ0) is 8.82. The summed E-state index contributed by atoms with van der Waals surface area (Å²) in [7, 11) is 0. The predicted octanol–water partition coefficient (Wildman–Crippen LogP) is 4.00. The van der Waals surface area contributed by atoms with Gasteiger partial charge in [-0.25, -0.2) is 0 Å². The lowest BCUT2D eigenvalue weighted by molar-refractivity contribution is 0.0926. The third-order valence-corrected chi connectivity index (χ3v) is 4.84. The summed E-state index contributed by atoms with van der Waals surface area (Å²) in [6.07, 6.45) is 8.92. The van der Waals surface area contributed by atoms with Crippen molar-refractivity contribution in [3.8, 4) is 0 Å². The molecule has 2 aliphatic rings. The van der Waals surface area contributed by atoms with Crippen LogP contribution in [-0.2, 0) is 0 Å². The summed E-state index contributed by atoms with van der Waals surface area (Å²) in [6.45, 7) is 7.24. The van der Waals surface area contributed by atoms with Gasteiger partial charge in [0.2, 0.25) is 0 Å². The molecule has 70 valence electrons. The molecule has 0 bridgehead atoms. The van der Waals surface area contributed by atoms with Gasteiger partial charge in [0.15, 0.2) is 0 Å². The van der Waals surface area contributed by atoms with E-state index < -0.39 is 0 Å². The predicted molar refractivity (Wildman–Crippen MR) is 53.1 cm³/mol. The fourth-order valence-corrected chi connectivity index (χ4v) is 3.53. The van der Waals surface area contributed by atoms with E-state index in [0.717, 1.165) is 16.7 Å². The maximum Gasteiger partial charge on any atom is -0.0233 e. The van der Waals surface area contributed by atoms with Gasteiger partial charge in [-0.3, -0.25) is 0 Å². The Morgan fingerprint density at radius 1 is 1.33 bits per heavy atom. The standard InChI is InChI=1S/C12H22/c1-4-5-6-7-12-8-10(2)11(12,3)9-12/h10H,4-9H2,1-3H3. The third-order valence-electron chi connectivity index (χ3n) is 4.84. The summed E-state index contributed by atoms with van der Waals surface area (Å²) in [6, 6.07) is 0. The average molecular weight is 166 g/mol. The lowest BCUT2D eigenvalue weighted by Gasteiger charge is -2.40. The quantitative estimate of drug-likeness (QED) is 0.554. The minimum absolute atomic E-state index is 0.792. The van der Waals surface area contributed by atoms with E-state index in [9.17, 15) is 0 Å². The first-order valence-electron chi connectivity index (χ1n) is 5.65. The number of rotatable bonds is 4. The summed E-state index contributed by atoms with van der Waals surface area (Å²) in [5.74, 6) is 1.03. The Morgan fingerprint density at radius 2 is 2.08 bits per heavy atom. The van der Waals surface area contributed by atoms with Crippen LogP contribution in [0.5, 0.6) is 0 Å². The lowest BCUT2D eigenvalue weighted by Crippen LogP contribution is -2.32. The molecular weight excluding hydrogens is 144 g/mol. The minimum Gasteiger partial charge on any atom is -0.0654 e. The van der Waals surface area contributed by atoms with Crippen molar-refractivity contribution >= 4 is 0 Å². The highest BCUT2D eigenvalue weighted by atomic mass is 14.8. The van der Waals surface area contributed by atoms with Crippen LogP contribution in [0.2, 0.25) is 0 Å². The number of fused-ring (bicyclic) bond motifs is 1. The molecule has 0 amide bonds. The van der Waals surface area contributed by atoms with Crippen molar-refractivity contribution in [2.45, 2.75) is 59.3 Å². The van der Waals surface area contributed by atoms with Gasteiger partial charge >= 0.3 is 0 Å². The van der Waals surface area contributed by atoms with E-state index in [1.54, 1.807) is 6.42 Å². The molecule has 12 heavy (non-hydrogen) atoms. The highest BCUT2D eigenvalue weighted by Gasteiger charge is 2.73. The van der Waals surface area contributed by atoms with Crippen LogP contribution in [0.1, 0.15) is 59.3 Å². The second-order valence-corrected chi connectivity index (χ2v) is 5.44. The Hall–Kier alpha value is 0. The Labute approximate surface area is 76.7 Å². The summed E-state index contributed by atoms with van der Waals surface area (Å²) in [5.41, 5.74) is 1.64. The maximum absolute atomic E-state index is 2.51. The van der Waals surface area contributed by atoms with Crippen molar-refractivity contribution in [1.82, 2.24) is 0 Å². The monoisotopic (exact) mass is 166 g/mol. The lowest BCUT2D eigenvalue weighted by atomic mass is 9.65. The van der Waals surface area contributed by atoms with Crippen LogP contribution in [0, 0.1) is 16.7 Å². The molecule has 0 spiro atoms. The van der Waals surface area contributed by atoms with E-state index in [2.05, 4.69) is 20.8 Å². The fraction of sp³-hybridized carbons (Fsp3) is 1.00. The van der Waals surface area contributed by atoms with Gasteiger partial charge < -0.3 is 0 Å². The SMILES string of the molecule is CCCCCC12CC(C)C1(C)C2. The van der Waals surface area contributed by atoms with Gasteiger partial charge in [-0.1, -0.05) is 40.0 Å². The first-order valence-corrected chi connectivity index (χ1v) is 5.65. The van der Waals surface area contributed by atoms with Crippen molar-refractivity contribution in [3.63, 3.8) is 0 Å². The number of hydrogen-bond acceptors (Lipinski definition) is 0. The number of hydrogen-bond donors (Lipinski definition) is 0. The van der Waals surface area contributed by atoms with Crippen LogP contribution in [0.4, 0.5) is 0 Å². The molecule has 0 heteroatoms. The van der Waals surface area contributed by atoms with Crippen LogP contribution in [-0.4, -0.2) is 0 Å². The third kappa shape index (κ3) is 0.900. The van der Waals surface area contributed by atoms with Gasteiger partial charge in [0, 0.05) is 0 Å². The van der Waals surface area contributed by atoms with E-state index in [-0.39, 0.29) is 0 Å². The van der Waals surface area contributed by atoms with E-state index in [0.29, 0.717) is 0 Å². The molecule has 0 N–H and O–H groups in total. The first-order chi connectivity index (χ1) is 5.65. The molecule has 2 saturated carbocycles. The Bertz CT molecular complexity index is 180. The summed E-state index contributed by atoms with van der Waals surface area (Å²) in [5, 5.41) is 0. The first kappa shape index (κ1) is 8.59. The van der Waals surface area contributed by atoms with Crippen molar-refractivity contribution in [2.24, 2.45) is 16.7 Å². The second-order valence-electron chi connectivity index (χ2n) is 5.44. The molecule has 0 nitrogen and oxygen atoms in total. The Balaban J connectivity index is 1.78. The molecule has 0 heterocycles. The molecule has 3 unspecified atom stereocenters. The average Bonchev–Trinajstić information content (AvgIpc) is 2.51. The topological polar surface area (TPSA) is 0 Å². The van der Waals surface area contributed by atoms with Gasteiger partial charge in [-0.05, 0) is 36.0 Å². The zero-order valence-electron chi connectivity index (χ0n) is 8.82. The molecule has 0 aliphatic heterocycles. The largest absolute Gasteiger partial charge is 0.0654 e. The second kappa shape index (κ2) is 2.49. The van der Waals surface area contributed by atoms with E-state index in [1.165, 1.54) is 32.1 Å². The van der Waals surface area contributed by atoms with Crippen molar-refractivity contribution in [3.05, 3.63) is 0 Å². The molecule has 2 aliphatic carbocycles. The van der Waals surface area contributed by atoms with E-state index in [1.807, 2.05) is 0 Å². The summed E-state index contributed by atoms with van der Waals surface area (Å²) < 4.78 is 0. The van der Waals surface area contributed by atoms with E-state index >= 15 is 0 Å². The fourth-order valence-electron chi connectivity index (χ4n) is 3.53. The summed E-state index contributed by atoms with van der Waals surface area (Å²) >= 11 is 0. The van der Waals surface area contributed by atoms with Crippen molar-refractivity contribution in [2.75, 3.05) is 0 Å². The zero-order valence-corrected chi connectivity index (χ0v) is 8.82. The van der Waals surface area contributed by atoms with Gasteiger partial charge in [-0.15, -0.1) is 0 Å². The molecule has 0 saturated heterocycles. The number of unbranched alkanes of at least 4 members (excludes halogenated alkanes) is 2. The molecular formula is C12H22. The molecule has 0 radical (unpaired) electrons. The molecule has 0 aromatic carbocycles. The van der Waals surface area contributed by atoms with Crippen molar-refractivity contribution < 1.29 is 0 Å². The van der Waals surface area contributed by atoms with Crippen molar-refractivity contribution in [1.29, 1.82) is 0 Å². The highest BCUT2D eigenvalue weighted by molar-refractivity contribution is 5.22. The normalized spacial score (nSPS) is 49.8. The molecule has 2 rings (SSSR count). The van der Waals surface area contributed by atoms with Gasteiger partial charge in [0.25, 0.3) is 0 Å². The molecule has 2 fully saturated rings. The highest BCUT2D eigenvalue weighted by Crippen LogP contribution is 2.81. The van der Waals surface area contributed by atoms with E-state index in [4.69, 9.17) is 0 Å². The molecule has 3 atom stereocenters. The van der Waals surface area contributed by atoms with Crippen LogP contribution in [0.3, 0.4) is 0 Å². The van der Waals surface area contributed by atoms with Crippen LogP contribution in [0.15, 0.2) is 0 Å². The Morgan fingerprint density at radius 3 is 2.50 bits per heavy atom. The molecule has 0 aromatic heterocycles. The van der Waals surface area contributed by atoms with Crippen LogP contribution >= 0.6 is 0 Å².